The van der Waals surface area contributed by atoms with Gasteiger partial charge in [0.15, 0.2) is 6.10 Å². The molecule has 5 rings (SSSR count). The van der Waals surface area contributed by atoms with Gasteiger partial charge >= 0.3 is 6.09 Å². The Labute approximate surface area is 287 Å². The van der Waals surface area contributed by atoms with E-state index in [2.05, 4.69) is 0 Å². The number of ether oxygens (including phenoxy) is 4. The highest BCUT2D eigenvalue weighted by molar-refractivity contribution is 5.82. The maximum Gasteiger partial charge on any atom is 0.407 e. The number of aliphatic hydroxyl groups is 1. The summed E-state index contributed by atoms with van der Waals surface area (Å²) in [6.45, 7) is 1.29. The van der Waals surface area contributed by atoms with Crippen LogP contribution in [0, 0.1) is 0 Å². The number of carboxylic acid groups (broad SMARTS) is 1. The molecule has 1 aliphatic rings. The molecule has 0 saturated carbocycles. The first kappa shape index (κ1) is 35.7. The molecule has 4 atom stereocenters. The lowest BCUT2D eigenvalue weighted by molar-refractivity contribution is -0.196. The summed E-state index contributed by atoms with van der Waals surface area (Å²) in [5.74, 6) is -0.371. The predicted molar refractivity (Wildman–Crippen MR) is 183 cm³/mol. The zero-order valence-corrected chi connectivity index (χ0v) is 27.5. The van der Waals surface area contributed by atoms with E-state index in [9.17, 15) is 19.8 Å². The molecule has 10 nitrogen and oxygen atoms in total. The third kappa shape index (κ3) is 11.0. The Morgan fingerprint density at radius 3 is 1.39 bits per heavy atom. The Bertz CT molecular complexity index is 1540. The van der Waals surface area contributed by atoms with Crippen molar-refractivity contribution in [1.82, 2.24) is 9.80 Å². The second-order valence-electron chi connectivity index (χ2n) is 11.9. The Morgan fingerprint density at radius 2 is 0.939 bits per heavy atom. The van der Waals surface area contributed by atoms with Crippen molar-refractivity contribution in [1.29, 1.82) is 0 Å². The number of rotatable bonds is 17. The lowest BCUT2D eigenvalue weighted by atomic mass is 10.00. The van der Waals surface area contributed by atoms with Gasteiger partial charge < -0.3 is 39.0 Å². The molecule has 1 fully saturated rings. The van der Waals surface area contributed by atoms with E-state index >= 15 is 0 Å². The number of amides is 2. The van der Waals surface area contributed by atoms with E-state index < -0.39 is 30.5 Å². The molecule has 2 N–H and O–H groups in total. The van der Waals surface area contributed by atoms with E-state index in [1.165, 1.54) is 4.90 Å². The minimum Gasteiger partial charge on any atom is -0.465 e. The van der Waals surface area contributed by atoms with Gasteiger partial charge in [-0.15, -0.1) is 0 Å². The molecular weight excluding hydrogens is 624 g/mol. The van der Waals surface area contributed by atoms with Crippen molar-refractivity contribution in [2.24, 2.45) is 0 Å². The SMILES string of the molecule is O=C(O)N1CCN(C(=O)[C@H](OCc2ccccc2)[C@@H](OCc2ccccc2)[C@H](OCc2ccccc2)[C@H](O)COCc2ccccc2)CC1. The minimum absolute atomic E-state index is 0.0869. The van der Waals surface area contributed by atoms with Gasteiger partial charge in [0.1, 0.15) is 18.3 Å². The van der Waals surface area contributed by atoms with Crippen LogP contribution in [0.1, 0.15) is 22.3 Å². The van der Waals surface area contributed by atoms with Crippen LogP contribution in [0.4, 0.5) is 4.79 Å². The highest BCUT2D eigenvalue weighted by Gasteiger charge is 2.43. The lowest BCUT2D eigenvalue weighted by Gasteiger charge is -2.39. The van der Waals surface area contributed by atoms with Crippen molar-refractivity contribution in [2.45, 2.75) is 50.8 Å². The third-order valence-electron chi connectivity index (χ3n) is 8.35. The molecule has 1 aliphatic heterocycles. The summed E-state index contributed by atoms with van der Waals surface area (Å²) < 4.78 is 25.5. The molecule has 0 radical (unpaired) electrons. The van der Waals surface area contributed by atoms with Gasteiger partial charge in [-0.3, -0.25) is 4.79 Å². The topological polar surface area (TPSA) is 118 Å². The molecule has 10 heteroatoms. The van der Waals surface area contributed by atoms with Gasteiger partial charge in [0, 0.05) is 26.2 Å². The average molecular weight is 669 g/mol. The molecule has 1 saturated heterocycles. The van der Waals surface area contributed by atoms with E-state index in [0.717, 1.165) is 22.3 Å². The quantitative estimate of drug-likeness (QED) is 0.159. The van der Waals surface area contributed by atoms with Crippen LogP contribution in [-0.4, -0.2) is 89.2 Å². The van der Waals surface area contributed by atoms with Gasteiger partial charge in [0.05, 0.1) is 33.0 Å². The van der Waals surface area contributed by atoms with Crippen molar-refractivity contribution in [2.75, 3.05) is 32.8 Å². The Balaban J connectivity index is 1.45. The van der Waals surface area contributed by atoms with Crippen molar-refractivity contribution in [3.63, 3.8) is 0 Å². The van der Waals surface area contributed by atoms with E-state index in [1.54, 1.807) is 4.90 Å². The van der Waals surface area contributed by atoms with E-state index in [0.29, 0.717) is 0 Å². The van der Waals surface area contributed by atoms with Crippen LogP contribution in [0.15, 0.2) is 121 Å². The zero-order chi connectivity index (χ0) is 34.3. The molecule has 49 heavy (non-hydrogen) atoms. The van der Waals surface area contributed by atoms with Gasteiger partial charge in [-0.2, -0.15) is 0 Å². The molecule has 258 valence electrons. The monoisotopic (exact) mass is 668 g/mol. The number of benzene rings is 4. The van der Waals surface area contributed by atoms with Gasteiger partial charge in [-0.1, -0.05) is 121 Å². The molecule has 2 amide bonds. The van der Waals surface area contributed by atoms with Crippen LogP contribution < -0.4 is 0 Å². The van der Waals surface area contributed by atoms with Crippen molar-refractivity contribution < 1.29 is 38.7 Å². The molecule has 0 aliphatic carbocycles. The minimum atomic E-state index is -1.20. The Morgan fingerprint density at radius 1 is 0.551 bits per heavy atom. The van der Waals surface area contributed by atoms with Crippen molar-refractivity contribution >= 4 is 12.0 Å². The Kier molecular flexibility index (Phi) is 13.7. The summed E-state index contributed by atoms with van der Waals surface area (Å²) >= 11 is 0. The summed E-state index contributed by atoms with van der Waals surface area (Å²) in [6, 6.07) is 38.3. The van der Waals surface area contributed by atoms with Crippen LogP contribution in [-0.2, 0) is 50.2 Å². The third-order valence-corrected chi connectivity index (χ3v) is 8.35. The maximum atomic E-state index is 14.4. The van der Waals surface area contributed by atoms with Crippen LogP contribution in [0.25, 0.3) is 0 Å². The van der Waals surface area contributed by atoms with Gasteiger partial charge in [-0.05, 0) is 22.3 Å². The fraction of sp³-hybridized carbons (Fsp3) is 0.333. The normalized spacial score (nSPS) is 15.7. The number of aliphatic hydroxyl groups excluding tert-OH is 1. The number of hydrogen-bond donors (Lipinski definition) is 2. The molecule has 0 bridgehead atoms. The largest absolute Gasteiger partial charge is 0.465 e. The number of carbonyl (C=O) groups is 2. The summed E-state index contributed by atoms with van der Waals surface area (Å²) in [7, 11) is 0. The fourth-order valence-electron chi connectivity index (χ4n) is 5.64. The molecule has 1 heterocycles. The maximum absolute atomic E-state index is 14.4. The number of piperazine rings is 1. The van der Waals surface area contributed by atoms with Crippen LogP contribution >= 0.6 is 0 Å². The van der Waals surface area contributed by atoms with E-state index in [-0.39, 0.29) is 65.1 Å². The first-order valence-corrected chi connectivity index (χ1v) is 16.5. The highest BCUT2D eigenvalue weighted by atomic mass is 16.6. The van der Waals surface area contributed by atoms with Crippen molar-refractivity contribution in [3.05, 3.63) is 144 Å². The first-order valence-electron chi connectivity index (χ1n) is 16.5. The predicted octanol–water partition coefficient (Wildman–Crippen LogP) is 5.14. The molecule has 0 unspecified atom stereocenters. The standard InChI is InChI=1S/C39H44N2O8/c42-34(29-46-25-30-13-5-1-6-14-30)35(47-26-31-15-7-2-8-16-31)36(48-27-32-17-9-3-10-18-32)37(49-28-33-19-11-4-12-20-33)38(43)40-21-23-41(24-22-40)39(44)45/h1-20,34-37,42H,21-29H2,(H,44,45)/t34-,35-,36+,37-/m1/s1. The molecule has 4 aromatic carbocycles. The summed E-state index contributed by atoms with van der Waals surface area (Å²) in [5.41, 5.74) is 3.55. The number of hydrogen-bond acceptors (Lipinski definition) is 7. The molecule has 4 aromatic rings. The molecule has 0 spiro atoms. The van der Waals surface area contributed by atoms with E-state index in [1.807, 2.05) is 121 Å². The molecule has 0 aromatic heterocycles. The van der Waals surface area contributed by atoms with Gasteiger partial charge in [0.25, 0.3) is 5.91 Å². The number of carbonyl (C=O) groups excluding carboxylic acids is 1. The second-order valence-corrected chi connectivity index (χ2v) is 11.9. The van der Waals surface area contributed by atoms with Crippen molar-refractivity contribution in [3.8, 4) is 0 Å². The van der Waals surface area contributed by atoms with Crippen LogP contribution in [0.5, 0.6) is 0 Å². The van der Waals surface area contributed by atoms with Crippen LogP contribution in [0.3, 0.4) is 0 Å². The Hall–Kier alpha value is -4.58. The first-order chi connectivity index (χ1) is 24.0. The average Bonchev–Trinajstić information content (AvgIpc) is 3.15. The summed E-state index contributed by atoms with van der Waals surface area (Å²) in [6.07, 6.45) is -5.56. The lowest BCUT2D eigenvalue weighted by Crippen LogP contribution is -2.58. The van der Waals surface area contributed by atoms with Gasteiger partial charge in [-0.25, -0.2) is 4.79 Å². The van der Waals surface area contributed by atoms with Crippen LogP contribution in [0.2, 0.25) is 0 Å². The zero-order valence-electron chi connectivity index (χ0n) is 27.5. The summed E-state index contributed by atoms with van der Waals surface area (Å²) in [5, 5.41) is 21.3. The highest BCUT2D eigenvalue weighted by Crippen LogP contribution is 2.24. The smallest absolute Gasteiger partial charge is 0.407 e. The molecular formula is C39H44N2O8. The fourth-order valence-corrected chi connectivity index (χ4v) is 5.64. The summed E-state index contributed by atoms with van der Waals surface area (Å²) in [4.78, 5) is 28.9. The number of nitrogens with zero attached hydrogens (tertiary/aromatic N) is 2. The van der Waals surface area contributed by atoms with Gasteiger partial charge in [0.2, 0.25) is 0 Å². The van der Waals surface area contributed by atoms with E-state index in [4.69, 9.17) is 18.9 Å². The second kappa shape index (κ2) is 18.8.